The van der Waals surface area contributed by atoms with Gasteiger partial charge >= 0.3 is 0 Å². The van der Waals surface area contributed by atoms with Crippen LogP contribution in [0.15, 0.2) is 42.5 Å². The summed E-state index contributed by atoms with van der Waals surface area (Å²) in [7, 11) is 1.86. The molecule has 1 aromatic heterocycles. The molecule has 1 N–H and O–H groups in total. The summed E-state index contributed by atoms with van der Waals surface area (Å²) < 4.78 is 13.8. The van der Waals surface area contributed by atoms with Crippen LogP contribution in [0, 0.1) is 19.7 Å². The molecule has 1 aliphatic heterocycles. The highest BCUT2D eigenvalue weighted by Crippen LogP contribution is 2.33. The van der Waals surface area contributed by atoms with Crippen LogP contribution in [0.1, 0.15) is 68.7 Å². The molecule has 1 aliphatic carbocycles. The second-order valence-corrected chi connectivity index (χ2v) is 10.5. The molecule has 2 aliphatic rings. The van der Waals surface area contributed by atoms with Crippen molar-refractivity contribution in [3.63, 3.8) is 0 Å². The van der Waals surface area contributed by atoms with Crippen LogP contribution in [-0.2, 0) is 6.42 Å². The smallest absolute Gasteiger partial charge is 0.253 e. The van der Waals surface area contributed by atoms with Gasteiger partial charge in [-0.05, 0) is 74.9 Å². The van der Waals surface area contributed by atoms with Crippen molar-refractivity contribution in [1.82, 2.24) is 20.2 Å². The number of nitrogens with zero attached hydrogens (tertiary/aromatic N) is 4. The quantitative estimate of drug-likeness (QED) is 0.495. The maximum atomic E-state index is 13.8. The highest BCUT2D eigenvalue weighted by Gasteiger charge is 2.30. The van der Waals surface area contributed by atoms with Crippen LogP contribution in [0.2, 0.25) is 5.02 Å². The van der Waals surface area contributed by atoms with E-state index in [0.717, 1.165) is 60.8 Å². The Morgan fingerprint density at radius 3 is 2.58 bits per heavy atom. The largest absolute Gasteiger partial charge is 0.356 e. The number of benzene rings is 2. The van der Waals surface area contributed by atoms with Crippen molar-refractivity contribution < 1.29 is 14.0 Å². The van der Waals surface area contributed by atoms with Gasteiger partial charge in [0.15, 0.2) is 0 Å². The van der Waals surface area contributed by atoms with Gasteiger partial charge in [-0.15, -0.1) is 0 Å². The van der Waals surface area contributed by atoms with E-state index >= 15 is 0 Å². The van der Waals surface area contributed by atoms with Crippen LogP contribution in [0.25, 0.3) is 0 Å². The Kier molecular flexibility index (Phi) is 7.34. The number of carbonyl (C=O) groups excluding carboxylic acids is 2. The predicted octanol–water partition coefficient (Wildman–Crippen LogP) is 5.04. The highest BCUT2D eigenvalue weighted by molar-refractivity contribution is 6.34. The van der Waals surface area contributed by atoms with Crippen LogP contribution in [-0.4, -0.2) is 52.9 Å². The number of rotatable bonds is 5. The minimum Gasteiger partial charge on any atom is -0.356 e. The van der Waals surface area contributed by atoms with Gasteiger partial charge in [-0.2, -0.15) is 0 Å². The van der Waals surface area contributed by atoms with E-state index < -0.39 is 11.7 Å². The van der Waals surface area contributed by atoms with E-state index in [9.17, 15) is 14.0 Å². The fourth-order valence-corrected chi connectivity index (χ4v) is 5.72. The first-order valence-corrected chi connectivity index (χ1v) is 13.3. The van der Waals surface area contributed by atoms with E-state index in [1.54, 1.807) is 0 Å². The van der Waals surface area contributed by atoms with Crippen LogP contribution in [0.4, 0.5) is 10.2 Å². The Labute approximate surface area is 227 Å². The minimum atomic E-state index is -0.629. The number of fused-ring (bicyclic) bond motifs is 1. The zero-order valence-electron chi connectivity index (χ0n) is 21.8. The molecule has 7 nitrogen and oxygen atoms in total. The summed E-state index contributed by atoms with van der Waals surface area (Å²) in [5.41, 5.74) is 3.68. The molecule has 0 radical (unpaired) electrons. The molecular weight excluding hydrogens is 505 g/mol. The fourth-order valence-electron chi connectivity index (χ4n) is 5.51. The number of amides is 2. The van der Waals surface area contributed by atoms with Crippen molar-refractivity contribution in [3.05, 3.63) is 87.1 Å². The molecule has 9 heteroatoms. The molecule has 2 heterocycles. The second kappa shape index (κ2) is 10.7. The van der Waals surface area contributed by atoms with Crippen molar-refractivity contribution in [2.45, 2.75) is 51.6 Å². The molecule has 2 aromatic carbocycles. The Balaban J connectivity index is 1.25. The monoisotopic (exact) mass is 535 g/mol. The van der Waals surface area contributed by atoms with Gasteiger partial charge in [0.25, 0.3) is 11.8 Å². The maximum Gasteiger partial charge on any atom is 0.253 e. The lowest BCUT2D eigenvalue weighted by atomic mass is 10.00. The van der Waals surface area contributed by atoms with Crippen LogP contribution in [0.3, 0.4) is 0 Å². The zero-order chi connectivity index (χ0) is 27.0. The van der Waals surface area contributed by atoms with Gasteiger partial charge in [0.2, 0.25) is 0 Å². The summed E-state index contributed by atoms with van der Waals surface area (Å²) in [6.45, 7) is 5.51. The number of nitrogens with one attached hydrogen (secondary N) is 1. The number of halogens is 2. The standard InChI is InChI=1S/C29H31ClFN5O2/c1-17-15-26(33-18(2)32-17)36-13-11-21(12-14-36)35(3)29(38)20-8-7-19-9-10-25(23(19)16-20)34-28(37)22-5-4-6-24(31)27(22)30/h4-8,15-16,21,25H,9-14H2,1-3H3,(H,34,37)/t25-/m1/s1. The molecule has 0 saturated carbocycles. The average Bonchev–Trinajstić information content (AvgIpc) is 3.30. The molecular formula is C29H31ClFN5O2. The van der Waals surface area contributed by atoms with Crippen LogP contribution >= 0.6 is 11.6 Å². The number of hydrogen-bond donors (Lipinski definition) is 1. The Hall–Kier alpha value is -3.52. The molecule has 198 valence electrons. The fraction of sp³-hybridized carbons (Fsp3) is 0.379. The lowest BCUT2D eigenvalue weighted by Crippen LogP contribution is -2.46. The van der Waals surface area contributed by atoms with Gasteiger partial charge in [-0.3, -0.25) is 9.59 Å². The molecule has 1 saturated heterocycles. The summed E-state index contributed by atoms with van der Waals surface area (Å²) in [5, 5.41) is 2.79. The third-order valence-electron chi connectivity index (χ3n) is 7.58. The normalized spacial score (nSPS) is 17.3. The van der Waals surface area contributed by atoms with Crippen molar-refractivity contribution >= 4 is 29.2 Å². The first-order valence-electron chi connectivity index (χ1n) is 12.9. The average molecular weight is 536 g/mol. The van der Waals surface area contributed by atoms with Gasteiger partial charge in [0.05, 0.1) is 16.6 Å². The summed E-state index contributed by atoms with van der Waals surface area (Å²) in [5.74, 6) is 0.607. The van der Waals surface area contributed by atoms with Crippen molar-refractivity contribution in [3.8, 4) is 0 Å². The van der Waals surface area contributed by atoms with Crippen molar-refractivity contribution in [2.75, 3.05) is 25.0 Å². The third-order valence-corrected chi connectivity index (χ3v) is 7.97. The number of aryl methyl sites for hydroxylation is 3. The molecule has 1 atom stereocenters. The third kappa shape index (κ3) is 5.23. The summed E-state index contributed by atoms with van der Waals surface area (Å²) in [4.78, 5) is 39.3. The highest BCUT2D eigenvalue weighted by atomic mass is 35.5. The SMILES string of the molecule is Cc1cc(N2CCC(N(C)C(=O)c3ccc4c(c3)[C@H](NC(=O)c3cccc(F)c3Cl)CC4)CC2)nc(C)n1. The van der Waals surface area contributed by atoms with E-state index in [1.165, 1.54) is 18.2 Å². The summed E-state index contributed by atoms with van der Waals surface area (Å²) in [6, 6.07) is 11.8. The van der Waals surface area contributed by atoms with Crippen molar-refractivity contribution in [1.29, 1.82) is 0 Å². The maximum absolute atomic E-state index is 13.8. The first-order chi connectivity index (χ1) is 18.2. The molecule has 38 heavy (non-hydrogen) atoms. The Morgan fingerprint density at radius 2 is 1.84 bits per heavy atom. The van der Waals surface area contributed by atoms with E-state index in [1.807, 2.05) is 50.1 Å². The molecule has 0 spiro atoms. The molecule has 5 rings (SSSR count). The summed E-state index contributed by atoms with van der Waals surface area (Å²) in [6.07, 6.45) is 3.20. The van der Waals surface area contributed by atoms with Crippen LogP contribution in [0.5, 0.6) is 0 Å². The lowest BCUT2D eigenvalue weighted by molar-refractivity contribution is 0.0709. The Morgan fingerprint density at radius 1 is 1.08 bits per heavy atom. The van der Waals surface area contributed by atoms with Crippen LogP contribution < -0.4 is 10.2 Å². The van der Waals surface area contributed by atoms with Gasteiger partial charge in [-0.25, -0.2) is 14.4 Å². The summed E-state index contributed by atoms with van der Waals surface area (Å²) >= 11 is 6.01. The number of piperidine rings is 1. The lowest BCUT2D eigenvalue weighted by Gasteiger charge is -2.37. The molecule has 0 unspecified atom stereocenters. The molecule has 1 fully saturated rings. The predicted molar refractivity (Wildman–Crippen MR) is 145 cm³/mol. The van der Waals surface area contributed by atoms with Gasteiger partial charge in [0, 0.05) is 43.5 Å². The minimum absolute atomic E-state index is 0.0369. The van der Waals surface area contributed by atoms with E-state index in [0.29, 0.717) is 12.0 Å². The second-order valence-electron chi connectivity index (χ2n) is 10.1. The number of carbonyl (C=O) groups is 2. The first kappa shape index (κ1) is 26.1. The van der Waals surface area contributed by atoms with E-state index in [4.69, 9.17) is 11.6 Å². The van der Waals surface area contributed by atoms with E-state index in [2.05, 4.69) is 20.2 Å². The molecule has 0 bridgehead atoms. The van der Waals surface area contributed by atoms with Gasteiger partial charge in [-0.1, -0.05) is 23.7 Å². The van der Waals surface area contributed by atoms with Crippen molar-refractivity contribution in [2.24, 2.45) is 0 Å². The zero-order valence-corrected chi connectivity index (χ0v) is 22.6. The Bertz CT molecular complexity index is 1370. The van der Waals surface area contributed by atoms with E-state index in [-0.39, 0.29) is 28.6 Å². The number of aromatic nitrogens is 2. The molecule has 2 amide bonds. The topological polar surface area (TPSA) is 78.4 Å². The number of anilines is 1. The van der Waals surface area contributed by atoms with Gasteiger partial charge < -0.3 is 15.1 Å². The van der Waals surface area contributed by atoms with Gasteiger partial charge in [0.1, 0.15) is 17.5 Å². The molecule has 3 aromatic rings. The number of hydrogen-bond acceptors (Lipinski definition) is 5.